The Morgan fingerprint density at radius 2 is 1.69 bits per heavy atom. The van der Waals surface area contributed by atoms with Crippen LogP contribution < -0.4 is 15.0 Å². The number of hydrogen-bond acceptors (Lipinski definition) is 3. The lowest BCUT2D eigenvalue weighted by Crippen LogP contribution is -2.42. The fourth-order valence-corrected chi connectivity index (χ4v) is 4.17. The zero-order valence-electron chi connectivity index (χ0n) is 21.0. The van der Waals surface area contributed by atoms with Crippen LogP contribution in [0.1, 0.15) is 39.7 Å². The molecule has 0 atom stereocenters. The lowest BCUT2D eigenvalue weighted by molar-refractivity contribution is -0.127. The first kappa shape index (κ1) is 24.5. The van der Waals surface area contributed by atoms with Crippen LogP contribution >= 0.6 is 0 Å². The maximum atomic E-state index is 13.2. The highest BCUT2D eigenvalue weighted by atomic mass is 16.5. The van der Waals surface area contributed by atoms with Crippen molar-refractivity contribution in [2.24, 2.45) is 11.3 Å². The van der Waals surface area contributed by atoms with E-state index < -0.39 is 5.41 Å². The van der Waals surface area contributed by atoms with Crippen molar-refractivity contribution in [1.29, 1.82) is 0 Å². The van der Waals surface area contributed by atoms with E-state index in [0.717, 1.165) is 28.8 Å². The van der Waals surface area contributed by atoms with Gasteiger partial charge in [-0.2, -0.15) is 0 Å². The molecule has 0 unspecified atom stereocenters. The first-order valence-electron chi connectivity index (χ1n) is 12.3. The van der Waals surface area contributed by atoms with E-state index in [1.165, 1.54) is 0 Å². The minimum atomic E-state index is -0.620. The molecule has 0 bridgehead atoms. The summed E-state index contributed by atoms with van der Waals surface area (Å²) in [4.78, 5) is 27.8. The van der Waals surface area contributed by atoms with E-state index in [1.807, 2.05) is 79.4 Å². The van der Waals surface area contributed by atoms with Crippen LogP contribution in [0, 0.1) is 11.3 Å². The molecule has 0 saturated carbocycles. The molecule has 3 aromatic rings. The van der Waals surface area contributed by atoms with Crippen LogP contribution in [-0.2, 0) is 16.0 Å². The Labute approximate surface area is 208 Å². The number of fused-ring (bicyclic) bond motifs is 1. The standard InChI is InChI=1S/C30H34N2O3/c1-21(2)16-17-32-26-15-14-25(19-27(26)35-20-30(3,4)29(32)34)31-28(33)18-22-10-12-24(13-11-22)23-8-6-5-7-9-23/h5-15,19,21H,16-18,20H2,1-4H3,(H,31,33). The Morgan fingerprint density at radius 1 is 1.00 bits per heavy atom. The third-order valence-electron chi connectivity index (χ3n) is 6.30. The van der Waals surface area contributed by atoms with Gasteiger partial charge in [0.2, 0.25) is 11.8 Å². The second-order valence-electron chi connectivity index (χ2n) is 10.3. The fraction of sp³-hybridized carbons (Fsp3) is 0.333. The van der Waals surface area contributed by atoms with Crippen molar-refractivity contribution in [3.05, 3.63) is 78.4 Å². The van der Waals surface area contributed by atoms with E-state index in [0.29, 0.717) is 30.5 Å². The molecule has 5 heteroatoms. The molecule has 0 spiro atoms. The molecule has 4 rings (SSSR count). The molecule has 0 saturated heterocycles. The second kappa shape index (κ2) is 10.3. The molecule has 1 N–H and O–H groups in total. The molecule has 0 radical (unpaired) electrons. The van der Waals surface area contributed by atoms with E-state index in [2.05, 4.69) is 31.3 Å². The molecule has 5 nitrogen and oxygen atoms in total. The summed E-state index contributed by atoms with van der Waals surface area (Å²) in [6, 6.07) is 23.8. The van der Waals surface area contributed by atoms with E-state index in [1.54, 1.807) is 0 Å². The summed E-state index contributed by atoms with van der Waals surface area (Å²) in [7, 11) is 0. The van der Waals surface area contributed by atoms with Crippen molar-refractivity contribution in [2.45, 2.75) is 40.5 Å². The molecule has 1 heterocycles. The third kappa shape index (κ3) is 5.91. The molecule has 3 aromatic carbocycles. The summed E-state index contributed by atoms with van der Waals surface area (Å²) >= 11 is 0. The van der Waals surface area contributed by atoms with Gasteiger partial charge in [-0.05, 0) is 55.0 Å². The van der Waals surface area contributed by atoms with Crippen LogP contribution in [0.2, 0.25) is 0 Å². The second-order valence-corrected chi connectivity index (χ2v) is 10.3. The van der Waals surface area contributed by atoms with Gasteiger partial charge in [0.25, 0.3) is 0 Å². The minimum absolute atomic E-state index is 0.0626. The maximum absolute atomic E-state index is 13.2. The number of amides is 2. The lowest BCUT2D eigenvalue weighted by Gasteiger charge is -2.28. The average molecular weight is 471 g/mol. The number of nitrogens with zero attached hydrogens (tertiary/aromatic N) is 1. The minimum Gasteiger partial charge on any atom is -0.490 e. The smallest absolute Gasteiger partial charge is 0.236 e. The number of rotatable bonds is 7. The molecular weight excluding hydrogens is 436 g/mol. The van der Waals surface area contributed by atoms with E-state index in [9.17, 15) is 9.59 Å². The number of nitrogens with one attached hydrogen (secondary N) is 1. The van der Waals surface area contributed by atoms with Crippen LogP contribution in [0.4, 0.5) is 11.4 Å². The highest BCUT2D eigenvalue weighted by Crippen LogP contribution is 2.38. The molecular formula is C30H34N2O3. The van der Waals surface area contributed by atoms with Gasteiger partial charge < -0.3 is 15.0 Å². The van der Waals surface area contributed by atoms with Crippen LogP contribution in [0.25, 0.3) is 11.1 Å². The largest absolute Gasteiger partial charge is 0.490 e. The number of carbonyl (C=O) groups excluding carboxylic acids is 2. The molecule has 0 aliphatic carbocycles. The van der Waals surface area contributed by atoms with Gasteiger partial charge in [-0.15, -0.1) is 0 Å². The van der Waals surface area contributed by atoms with Crippen molar-refractivity contribution in [1.82, 2.24) is 0 Å². The topological polar surface area (TPSA) is 58.6 Å². The number of ether oxygens (including phenoxy) is 1. The summed E-state index contributed by atoms with van der Waals surface area (Å²) < 4.78 is 6.05. The Hall–Kier alpha value is -3.60. The highest BCUT2D eigenvalue weighted by molar-refractivity contribution is 6.00. The molecule has 1 aliphatic rings. The van der Waals surface area contributed by atoms with Gasteiger partial charge >= 0.3 is 0 Å². The van der Waals surface area contributed by atoms with Crippen molar-refractivity contribution in [3.63, 3.8) is 0 Å². The summed E-state index contributed by atoms with van der Waals surface area (Å²) in [5, 5.41) is 2.98. The molecule has 35 heavy (non-hydrogen) atoms. The number of carbonyl (C=O) groups is 2. The number of benzene rings is 3. The Balaban J connectivity index is 1.46. The molecule has 182 valence electrons. The van der Waals surface area contributed by atoms with E-state index >= 15 is 0 Å². The quantitative estimate of drug-likeness (QED) is 0.439. The van der Waals surface area contributed by atoms with Gasteiger partial charge in [0.1, 0.15) is 12.4 Å². The van der Waals surface area contributed by atoms with Crippen molar-refractivity contribution in [2.75, 3.05) is 23.4 Å². The predicted octanol–water partition coefficient (Wildman–Crippen LogP) is 6.33. The first-order chi connectivity index (χ1) is 16.7. The van der Waals surface area contributed by atoms with E-state index in [4.69, 9.17) is 4.74 Å². The monoisotopic (exact) mass is 470 g/mol. The fourth-order valence-electron chi connectivity index (χ4n) is 4.17. The average Bonchev–Trinajstić information content (AvgIpc) is 2.93. The number of hydrogen-bond donors (Lipinski definition) is 1. The first-order valence-corrected chi connectivity index (χ1v) is 12.3. The Kier molecular flexibility index (Phi) is 7.25. The molecule has 1 aliphatic heterocycles. The van der Waals surface area contributed by atoms with Gasteiger partial charge in [-0.3, -0.25) is 9.59 Å². The van der Waals surface area contributed by atoms with Crippen molar-refractivity contribution >= 4 is 23.2 Å². The zero-order valence-corrected chi connectivity index (χ0v) is 21.0. The van der Waals surface area contributed by atoms with Gasteiger partial charge in [0.15, 0.2) is 0 Å². The van der Waals surface area contributed by atoms with Crippen LogP contribution in [-0.4, -0.2) is 25.0 Å². The van der Waals surface area contributed by atoms with Gasteiger partial charge in [-0.1, -0.05) is 68.4 Å². The third-order valence-corrected chi connectivity index (χ3v) is 6.30. The molecule has 0 fully saturated rings. The zero-order chi connectivity index (χ0) is 25.0. The van der Waals surface area contributed by atoms with Crippen LogP contribution in [0.5, 0.6) is 5.75 Å². The van der Waals surface area contributed by atoms with Crippen LogP contribution in [0.3, 0.4) is 0 Å². The Bertz CT molecular complexity index is 1180. The number of anilines is 2. The summed E-state index contributed by atoms with van der Waals surface area (Å²) in [6.07, 6.45) is 1.18. The van der Waals surface area contributed by atoms with Crippen LogP contribution in [0.15, 0.2) is 72.8 Å². The highest BCUT2D eigenvalue weighted by Gasteiger charge is 2.37. The van der Waals surface area contributed by atoms with Gasteiger partial charge in [0, 0.05) is 18.3 Å². The molecule has 2 amide bonds. The lowest BCUT2D eigenvalue weighted by atomic mass is 9.92. The Morgan fingerprint density at radius 3 is 2.37 bits per heavy atom. The van der Waals surface area contributed by atoms with Gasteiger partial charge in [0.05, 0.1) is 17.5 Å². The van der Waals surface area contributed by atoms with Crippen molar-refractivity contribution in [3.8, 4) is 16.9 Å². The summed E-state index contributed by atoms with van der Waals surface area (Å²) in [5.74, 6) is 1.07. The van der Waals surface area contributed by atoms with Crippen molar-refractivity contribution < 1.29 is 14.3 Å². The SMILES string of the molecule is CC(C)CCN1C(=O)C(C)(C)COc2cc(NC(=O)Cc3ccc(-c4ccccc4)cc3)ccc21. The predicted molar refractivity (Wildman–Crippen MR) is 142 cm³/mol. The molecule has 0 aromatic heterocycles. The van der Waals surface area contributed by atoms with E-state index in [-0.39, 0.29) is 18.2 Å². The summed E-state index contributed by atoms with van der Waals surface area (Å²) in [6.45, 7) is 9.06. The maximum Gasteiger partial charge on any atom is 0.236 e. The summed E-state index contributed by atoms with van der Waals surface area (Å²) in [5.41, 5.74) is 4.02. The van der Waals surface area contributed by atoms with Gasteiger partial charge in [-0.25, -0.2) is 0 Å². The normalized spacial score (nSPS) is 14.8.